The molecule has 8 aromatic carbocycles. The molecule has 0 N–H and O–H groups in total. The van der Waals surface area contributed by atoms with E-state index in [-0.39, 0.29) is 0 Å². The first-order valence-electron chi connectivity index (χ1n) is 22.7. The van der Waals surface area contributed by atoms with Crippen LogP contribution in [0, 0.1) is 0 Å². The van der Waals surface area contributed by atoms with Gasteiger partial charge in [0.1, 0.15) is 0 Å². The molecule has 302 valence electrons. The van der Waals surface area contributed by atoms with Crippen molar-refractivity contribution in [2.45, 2.75) is 25.7 Å². The second kappa shape index (κ2) is 16.2. The van der Waals surface area contributed by atoms with Gasteiger partial charge in [-0.15, -0.1) is 0 Å². The van der Waals surface area contributed by atoms with Crippen molar-refractivity contribution in [1.82, 2.24) is 0 Å². The lowest BCUT2D eigenvalue weighted by molar-refractivity contribution is 0.965. The van der Waals surface area contributed by atoms with Crippen molar-refractivity contribution >= 4 is 28.9 Å². The van der Waals surface area contributed by atoms with Crippen LogP contribution in [0.1, 0.15) is 66.8 Å². The van der Waals surface area contributed by atoms with Crippen molar-refractivity contribution in [2.24, 2.45) is 0 Å². The summed E-state index contributed by atoms with van der Waals surface area (Å²) in [6.07, 6.45) is 22.1. The molecule has 12 rings (SSSR count). The Balaban J connectivity index is 0.887. The van der Waals surface area contributed by atoms with Crippen molar-refractivity contribution in [3.63, 3.8) is 0 Å². The molecular weight excluding hydrogens is 769 g/mol. The molecule has 0 aliphatic heterocycles. The molecule has 0 unspecified atom stereocenters. The zero-order chi connectivity index (χ0) is 42.4. The Morgan fingerprint density at radius 2 is 0.625 bits per heavy atom. The van der Waals surface area contributed by atoms with Crippen LogP contribution in [-0.2, 0) is 25.7 Å². The van der Waals surface area contributed by atoms with Crippen molar-refractivity contribution in [3.8, 4) is 33.4 Å². The Morgan fingerprint density at radius 1 is 0.281 bits per heavy atom. The molecule has 0 spiro atoms. The van der Waals surface area contributed by atoms with Crippen molar-refractivity contribution in [3.05, 3.63) is 291 Å². The normalized spacial score (nSPS) is 14.3. The first-order valence-corrected chi connectivity index (χ1v) is 22.7. The summed E-state index contributed by atoms with van der Waals surface area (Å²) in [5.74, 6) is 0. The van der Waals surface area contributed by atoms with Crippen LogP contribution in [0.15, 0.2) is 224 Å². The molecule has 0 saturated carbocycles. The number of allylic oxidation sites excluding steroid dienone is 7. The highest BCUT2D eigenvalue weighted by atomic mass is 14.3. The molecule has 0 nitrogen and oxygen atoms in total. The molecule has 0 atom stereocenters. The number of fused-ring (bicyclic) bond motifs is 7. The average molecular weight is 815 g/mol. The van der Waals surface area contributed by atoms with Gasteiger partial charge in [-0.25, -0.2) is 0 Å². The lowest BCUT2D eigenvalue weighted by Crippen LogP contribution is -1.92. The van der Waals surface area contributed by atoms with E-state index in [0.717, 1.165) is 25.7 Å². The predicted octanol–water partition coefficient (Wildman–Crippen LogP) is 15.9. The van der Waals surface area contributed by atoms with Crippen LogP contribution < -0.4 is 0 Å². The first-order chi connectivity index (χ1) is 31.7. The highest BCUT2D eigenvalue weighted by Gasteiger charge is 2.27. The van der Waals surface area contributed by atoms with Gasteiger partial charge in [-0.1, -0.05) is 206 Å². The van der Waals surface area contributed by atoms with Crippen molar-refractivity contribution in [2.75, 3.05) is 0 Å². The molecule has 0 heteroatoms. The Hall–Kier alpha value is -7.80. The quantitative estimate of drug-likeness (QED) is 0.166. The molecule has 0 amide bonds. The van der Waals surface area contributed by atoms with Crippen molar-refractivity contribution in [1.29, 1.82) is 0 Å². The molecule has 0 radical (unpaired) electrons. The highest BCUT2D eigenvalue weighted by molar-refractivity contribution is 6.05. The maximum Gasteiger partial charge on any atom is -0.00259 e. The Labute approximate surface area is 377 Å². The summed E-state index contributed by atoms with van der Waals surface area (Å²) in [4.78, 5) is 0. The molecular formula is C64H46. The number of aryl methyl sites for hydroxylation is 4. The SMILES string of the molecule is C1=CC=CC(=C2c3cc(-c4ccc(C=C5c6ccccc6CCc6ccccc65)cc4)ccc3-c3ccc(-c4ccc(C=C5c6ccccc6CCc6ccccc65)cc4)cc32)C=C1. The third kappa shape index (κ3) is 6.89. The molecule has 8 aromatic rings. The van der Waals surface area contributed by atoms with Crippen LogP contribution in [0.2, 0.25) is 0 Å². The smallest absolute Gasteiger partial charge is 0.00259 e. The van der Waals surface area contributed by atoms with E-state index in [1.807, 2.05) is 0 Å². The van der Waals surface area contributed by atoms with Gasteiger partial charge in [0.25, 0.3) is 0 Å². The Kier molecular flexibility index (Phi) is 9.57. The standard InChI is InChI=1S/C64H46/c1-2-4-18-51(17-3-1)64-62-41-52(45-27-23-43(24-28-45)39-60-54-19-9-5-13-47(54)31-32-48-14-6-10-20-55(48)60)35-37-58(62)59-38-36-53(42-63(59)64)46-29-25-44(26-30-46)40-61-56-21-11-7-15-49(56)33-34-50-16-8-12-22-57(50)61/h1-30,35-42H,31-34H2. The minimum atomic E-state index is 1.06. The van der Waals surface area contributed by atoms with E-state index in [0.29, 0.717) is 0 Å². The van der Waals surface area contributed by atoms with Gasteiger partial charge in [-0.3, -0.25) is 0 Å². The number of hydrogen-bond donors (Lipinski definition) is 0. The molecule has 0 heterocycles. The molecule has 4 aliphatic carbocycles. The first kappa shape index (κ1) is 37.9. The molecule has 4 aliphatic rings. The van der Waals surface area contributed by atoms with Crippen LogP contribution in [0.25, 0.3) is 62.3 Å². The van der Waals surface area contributed by atoms with E-state index in [2.05, 4.69) is 231 Å². The molecule has 0 fully saturated rings. The van der Waals surface area contributed by atoms with E-state index in [4.69, 9.17) is 0 Å². The average Bonchev–Trinajstić information content (AvgIpc) is 3.57. The minimum Gasteiger partial charge on any atom is -0.0622 e. The lowest BCUT2D eigenvalue weighted by atomic mass is 9.91. The van der Waals surface area contributed by atoms with E-state index in [9.17, 15) is 0 Å². The van der Waals surface area contributed by atoms with Gasteiger partial charge in [0.2, 0.25) is 0 Å². The molecule has 0 bridgehead atoms. The number of rotatable bonds is 4. The summed E-state index contributed by atoms with van der Waals surface area (Å²) < 4.78 is 0. The molecule has 64 heavy (non-hydrogen) atoms. The fourth-order valence-corrected chi connectivity index (χ4v) is 10.5. The number of hydrogen-bond acceptors (Lipinski definition) is 0. The minimum absolute atomic E-state index is 1.06. The van der Waals surface area contributed by atoms with Crippen molar-refractivity contribution < 1.29 is 0 Å². The summed E-state index contributed by atoms with van der Waals surface area (Å²) in [5, 5.41) is 0. The summed E-state index contributed by atoms with van der Waals surface area (Å²) in [7, 11) is 0. The van der Waals surface area contributed by atoms with Gasteiger partial charge in [-0.2, -0.15) is 0 Å². The van der Waals surface area contributed by atoms with E-state index < -0.39 is 0 Å². The van der Waals surface area contributed by atoms with Gasteiger partial charge in [0, 0.05) is 0 Å². The van der Waals surface area contributed by atoms with Crippen LogP contribution >= 0.6 is 0 Å². The Bertz CT molecular complexity index is 3010. The molecule has 0 aromatic heterocycles. The van der Waals surface area contributed by atoms with Gasteiger partial charge >= 0.3 is 0 Å². The van der Waals surface area contributed by atoms with Gasteiger partial charge in [-0.05, 0) is 172 Å². The van der Waals surface area contributed by atoms with E-state index in [1.54, 1.807) is 0 Å². The second-order valence-corrected chi connectivity index (χ2v) is 17.4. The van der Waals surface area contributed by atoms with Crippen LogP contribution in [0.4, 0.5) is 0 Å². The predicted molar refractivity (Wildman–Crippen MR) is 271 cm³/mol. The Morgan fingerprint density at radius 3 is 1.00 bits per heavy atom. The third-order valence-corrected chi connectivity index (χ3v) is 13.7. The van der Waals surface area contributed by atoms with Crippen LogP contribution in [0.3, 0.4) is 0 Å². The summed E-state index contributed by atoms with van der Waals surface area (Å²) >= 11 is 0. The monoisotopic (exact) mass is 814 g/mol. The maximum atomic E-state index is 2.41. The second-order valence-electron chi connectivity index (χ2n) is 17.4. The van der Waals surface area contributed by atoms with E-state index in [1.165, 1.54) is 122 Å². The van der Waals surface area contributed by atoms with Gasteiger partial charge in [0.05, 0.1) is 0 Å². The fraction of sp³-hybridized carbons (Fsp3) is 0.0625. The highest BCUT2D eigenvalue weighted by Crippen LogP contribution is 2.49. The lowest BCUT2D eigenvalue weighted by Gasteiger charge is -2.13. The van der Waals surface area contributed by atoms with Crippen LogP contribution in [-0.4, -0.2) is 0 Å². The maximum absolute atomic E-state index is 2.41. The fourth-order valence-electron chi connectivity index (χ4n) is 10.5. The third-order valence-electron chi connectivity index (χ3n) is 13.7. The topological polar surface area (TPSA) is 0 Å². The summed E-state index contributed by atoms with van der Waals surface area (Å²) in [6, 6.07) is 68.1. The van der Waals surface area contributed by atoms with Gasteiger partial charge < -0.3 is 0 Å². The zero-order valence-corrected chi connectivity index (χ0v) is 35.8. The molecule has 0 saturated heterocycles. The van der Waals surface area contributed by atoms with Gasteiger partial charge in [0.15, 0.2) is 0 Å². The largest absolute Gasteiger partial charge is 0.0622 e. The number of benzene rings is 8. The summed E-state index contributed by atoms with van der Waals surface area (Å²) in [5.41, 5.74) is 28.6. The van der Waals surface area contributed by atoms with Crippen LogP contribution in [0.5, 0.6) is 0 Å². The summed E-state index contributed by atoms with van der Waals surface area (Å²) in [6.45, 7) is 0. The van der Waals surface area contributed by atoms with E-state index >= 15 is 0 Å². The zero-order valence-electron chi connectivity index (χ0n) is 35.8.